The van der Waals surface area contributed by atoms with Crippen molar-refractivity contribution < 1.29 is 9.59 Å². The minimum absolute atomic E-state index is 0.432. The minimum atomic E-state index is -0.551. The van der Waals surface area contributed by atoms with Crippen LogP contribution in [-0.2, 0) is 9.59 Å². The van der Waals surface area contributed by atoms with Crippen LogP contribution in [0, 0.1) is 12.8 Å². The van der Waals surface area contributed by atoms with E-state index in [0.717, 1.165) is 22.9 Å². The van der Waals surface area contributed by atoms with Gasteiger partial charge in [-0.25, -0.2) is 0 Å². The second-order valence-corrected chi connectivity index (χ2v) is 6.33. The van der Waals surface area contributed by atoms with Crippen LogP contribution < -0.4 is 5.32 Å². The summed E-state index contributed by atoms with van der Waals surface area (Å²) >= 11 is 3.37. The molecule has 0 aromatic heterocycles. The Bertz CT molecular complexity index is 531. The largest absolute Gasteiger partial charge is 0.334 e. The van der Waals surface area contributed by atoms with E-state index in [1.807, 2.05) is 19.1 Å². The number of hydrogen-bond donors (Lipinski definition) is 1. The number of carbonyl (C=O) groups is 2. The van der Waals surface area contributed by atoms with E-state index in [4.69, 9.17) is 0 Å². The topological polar surface area (TPSA) is 49.4 Å². The zero-order valence-corrected chi connectivity index (χ0v) is 13.4. The zero-order valence-electron chi connectivity index (χ0n) is 11.8. The third-order valence-corrected chi connectivity index (χ3v) is 4.07. The van der Waals surface area contributed by atoms with Gasteiger partial charge in [-0.1, -0.05) is 22.9 Å². The van der Waals surface area contributed by atoms with Crippen molar-refractivity contribution in [3.63, 3.8) is 0 Å². The average molecular weight is 339 g/mol. The van der Waals surface area contributed by atoms with Crippen LogP contribution in [0.25, 0.3) is 0 Å². The molecule has 1 N–H and O–H groups in total. The van der Waals surface area contributed by atoms with Gasteiger partial charge in [0.15, 0.2) is 0 Å². The predicted octanol–water partition coefficient (Wildman–Crippen LogP) is 2.95. The van der Waals surface area contributed by atoms with Crippen LogP contribution in [0.15, 0.2) is 22.7 Å². The molecule has 0 bridgehead atoms. The fourth-order valence-electron chi connectivity index (χ4n) is 2.46. The summed E-state index contributed by atoms with van der Waals surface area (Å²) < 4.78 is 0.948. The van der Waals surface area contributed by atoms with Gasteiger partial charge in [0.05, 0.1) is 0 Å². The quantitative estimate of drug-likeness (QED) is 0.800. The lowest BCUT2D eigenvalue weighted by atomic mass is 10.0. The number of nitrogens with one attached hydrogen (secondary N) is 1. The van der Waals surface area contributed by atoms with Crippen molar-refractivity contribution in [3.05, 3.63) is 28.2 Å². The zero-order chi connectivity index (χ0) is 14.7. The normalized spacial score (nSPS) is 18.8. The lowest BCUT2D eigenvalue weighted by Crippen LogP contribution is -2.44. The molecule has 0 aliphatic carbocycles. The molecule has 20 heavy (non-hydrogen) atoms. The Morgan fingerprint density at radius 3 is 2.80 bits per heavy atom. The number of piperidine rings is 1. The van der Waals surface area contributed by atoms with E-state index in [9.17, 15) is 9.59 Å². The molecule has 0 radical (unpaired) electrons. The van der Waals surface area contributed by atoms with Crippen molar-refractivity contribution >= 4 is 33.4 Å². The molecular formula is C15H19BrN2O2. The summed E-state index contributed by atoms with van der Waals surface area (Å²) in [7, 11) is 0. The highest BCUT2D eigenvalue weighted by molar-refractivity contribution is 9.10. The van der Waals surface area contributed by atoms with Gasteiger partial charge in [-0.05, 0) is 49.4 Å². The molecule has 1 saturated heterocycles. The number of rotatable bonds is 1. The van der Waals surface area contributed by atoms with Crippen LogP contribution >= 0.6 is 15.9 Å². The molecule has 1 heterocycles. The van der Waals surface area contributed by atoms with Crippen LogP contribution in [0.4, 0.5) is 5.69 Å². The van der Waals surface area contributed by atoms with Crippen molar-refractivity contribution in [3.8, 4) is 0 Å². The first-order valence-corrected chi connectivity index (χ1v) is 7.63. The number of hydrogen-bond acceptors (Lipinski definition) is 2. The Labute approximate surface area is 127 Å². The first-order chi connectivity index (χ1) is 9.47. The van der Waals surface area contributed by atoms with E-state index >= 15 is 0 Å². The second kappa shape index (κ2) is 6.39. The molecule has 1 aliphatic heterocycles. The monoisotopic (exact) mass is 338 g/mol. The average Bonchev–Trinajstić information content (AvgIpc) is 2.41. The van der Waals surface area contributed by atoms with Gasteiger partial charge in [0.25, 0.3) is 0 Å². The van der Waals surface area contributed by atoms with Crippen molar-refractivity contribution in [1.29, 1.82) is 0 Å². The molecular weight excluding hydrogens is 320 g/mol. The van der Waals surface area contributed by atoms with E-state index in [1.54, 1.807) is 11.0 Å². The van der Waals surface area contributed by atoms with Gasteiger partial charge in [-0.2, -0.15) is 0 Å². The minimum Gasteiger partial charge on any atom is -0.334 e. The van der Waals surface area contributed by atoms with E-state index < -0.39 is 11.8 Å². The number of benzene rings is 1. The van der Waals surface area contributed by atoms with E-state index in [2.05, 4.69) is 28.2 Å². The first-order valence-electron chi connectivity index (χ1n) is 6.84. The van der Waals surface area contributed by atoms with Gasteiger partial charge < -0.3 is 10.2 Å². The fraction of sp³-hybridized carbons (Fsp3) is 0.467. The second-order valence-electron chi connectivity index (χ2n) is 5.41. The standard InChI is InChI=1S/C15H19BrN2O2/c1-10-4-3-7-18(9-10)15(20)14(19)17-13-6-5-12(16)8-11(13)2/h5-6,8,10H,3-4,7,9H2,1-2H3,(H,17,19). The SMILES string of the molecule is Cc1cc(Br)ccc1NC(=O)C(=O)N1CCCC(C)C1. The molecule has 2 rings (SSSR count). The smallest absolute Gasteiger partial charge is 0.313 e. The van der Waals surface area contributed by atoms with Crippen molar-refractivity contribution in [2.75, 3.05) is 18.4 Å². The molecule has 1 aliphatic rings. The summed E-state index contributed by atoms with van der Waals surface area (Å²) in [6.07, 6.45) is 2.09. The van der Waals surface area contributed by atoms with Crippen LogP contribution in [0.1, 0.15) is 25.3 Å². The maximum absolute atomic E-state index is 12.1. The number of anilines is 1. The molecule has 0 saturated carbocycles. The maximum atomic E-state index is 12.1. The predicted molar refractivity (Wildman–Crippen MR) is 82.5 cm³/mol. The highest BCUT2D eigenvalue weighted by Gasteiger charge is 2.26. The molecule has 1 atom stereocenters. The Balaban J connectivity index is 2.02. The van der Waals surface area contributed by atoms with Gasteiger partial charge in [-0.3, -0.25) is 9.59 Å². The van der Waals surface area contributed by atoms with Gasteiger partial charge in [0.1, 0.15) is 0 Å². The Morgan fingerprint density at radius 2 is 2.15 bits per heavy atom. The summed E-state index contributed by atoms with van der Waals surface area (Å²) in [4.78, 5) is 25.8. The molecule has 4 nitrogen and oxygen atoms in total. The molecule has 2 amide bonds. The number of halogens is 1. The van der Waals surface area contributed by atoms with Crippen LogP contribution in [0.2, 0.25) is 0 Å². The van der Waals surface area contributed by atoms with Gasteiger partial charge in [-0.15, -0.1) is 0 Å². The van der Waals surface area contributed by atoms with E-state index in [0.29, 0.717) is 24.7 Å². The number of nitrogens with zero attached hydrogens (tertiary/aromatic N) is 1. The Morgan fingerprint density at radius 1 is 1.40 bits per heavy atom. The van der Waals surface area contributed by atoms with Crippen LogP contribution in [-0.4, -0.2) is 29.8 Å². The summed E-state index contributed by atoms with van der Waals surface area (Å²) in [5, 5.41) is 2.70. The Hall–Kier alpha value is -1.36. The number of amides is 2. The number of likely N-dealkylation sites (tertiary alicyclic amines) is 1. The Kier molecular flexibility index (Phi) is 4.81. The van der Waals surface area contributed by atoms with Crippen LogP contribution in [0.5, 0.6) is 0 Å². The summed E-state index contributed by atoms with van der Waals surface area (Å²) in [6, 6.07) is 5.54. The molecule has 1 fully saturated rings. The highest BCUT2D eigenvalue weighted by Crippen LogP contribution is 2.20. The van der Waals surface area contributed by atoms with Gasteiger partial charge in [0.2, 0.25) is 0 Å². The third-order valence-electron chi connectivity index (χ3n) is 3.58. The van der Waals surface area contributed by atoms with Gasteiger partial charge in [0, 0.05) is 23.2 Å². The molecule has 108 valence electrons. The number of carbonyl (C=O) groups excluding carboxylic acids is 2. The molecule has 1 aromatic rings. The van der Waals surface area contributed by atoms with Crippen LogP contribution in [0.3, 0.4) is 0 Å². The number of aryl methyl sites for hydroxylation is 1. The third kappa shape index (κ3) is 3.60. The van der Waals surface area contributed by atoms with Crippen molar-refractivity contribution in [1.82, 2.24) is 4.90 Å². The fourth-order valence-corrected chi connectivity index (χ4v) is 2.94. The van der Waals surface area contributed by atoms with E-state index in [-0.39, 0.29) is 0 Å². The van der Waals surface area contributed by atoms with Gasteiger partial charge >= 0.3 is 11.8 Å². The maximum Gasteiger partial charge on any atom is 0.313 e. The lowest BCUT2D eigenvalue weighted by molar-refractivity contribution is -0.144. The molecule has 5 heteroatoms. The lowest BCUT2D eigenvalue weighted by Gasteiger charge is -2.30. The van der Waals surface area contributed by atoms with Crippen molar-refractivity contribution in [2.24, 2.45) is 5.92 Å². The first kappa shape index (κ1) is 15.0. The summed E-state index contributed by atoms with van der Waals surface area (Å²) in [5.74, 6) is -0.515. The highest BCUT2D eigenvalue weighted by atomic mass is 79.9. The molecule has 1 aromatic carbocycles. The molecule has 1 unspecified atom stereocenters. The summed E-state index contributed by atoms with van der Waals surface area (Å²) in [5.41, 5.74) is 1.60. The van der Waals surface area contributed by atoms with E-state index in [1.165, 1.54) is 0 Å². The van der Waals surface area contributed by atoms with Crippen molar-refractivity contribution in [2.45, 2.75) is 26.7 Å². The summed E-state index contributed by atoms with van der Waals surface area (Å²) in [6.45, 7) is 5.35. The molecule has 0 spiro atoms.